The number of azo groups is 1. The van der Waals surface area contributed by atoms with Gasteiger partial charge in [-0.3, -0.25) is 19.4 Å². The van der Waals surface area contributed by atoms with Crippen LogP contribution < -0.4 is 10.9 Å². The summed E-state index contributed by atoms with van der Waals surface area (Å²) in [5.74, 6) is -0.508. The van der Waals surface area contributed by atoms with Crippen LogP contribution in [0, 0.1) is 5.82 Å². The Morgan fingerprint density at radius 2 is 1.95 bits per heavy atom. The van der Waals surface area contributed by atoms with Crippen molar-refractivity contribution >= 4 is 23.1 Å². The van der Waals surface area contributed by atoms with Gasteiger partial charge in [-0.25, -0.2) is 4.39 Å². The predicted molar refractivity (Wildman–Crippen MR) is 70.9 cm³/mol. The number of anilines is 1. The molecule has 2 N–H and O–H groups in total. The van der Waals surface area contributed by atoms with E-state index in [1.54, 1.807) is 7.05 Å². The van der Waals surface area contributed by atoms with Gasteiger partial charge in [-0.05, 0) is 24.3 Å². The molecule has 1 aromatic heterocycles. The molecule has 0 radical (unpaired) electrons. The number of carbonyl (C=O) groups is 1. The maximum absolute atomic E-state index is 12.7. The van der Waals surface area contributed by atoms with Crippen LogP contribution in [0.5, 0.6) is 0 Å². The van der Waals surface area contributed by atoms with Crippen LogP contribution in [0.1, 0.15) is 6.92 Å². The van der Waals surface area contributed by atoms with Gasteiger partial charge >= 0.3 is 0 Å². The Morgan fingerprint density at radius 1 is 1.30 bits per heavy atom. The highest BCUT2D eigenvalue weighted by Gasteiger charge is 2.13. The van der Waals surface area contributed by atoms with E-state index in [-0.39, 0.29) is 23.2 Å². The lowest BCUT2D eigenvalue weighted by molar-refractivity contribution is -0.114. The van der Waals surface area contributed by atoms with Gasteiger partial charge in [0.25, 0.3) is 5.56 Å². The van der Waals surface area contributed by atoms with Crippen LogP contribution in [-0.2, 0) is 11.8 Å². The highest BCUT2D eigenvalue weighted by Crippen LogP contribution is 2.22. The van der Waals surface area contributed by atoms with E-state index in [4.69, 9.17) is 0 Å². The number of hydrogen-bond donors (Lipinski definition) is 2. The SMILES string of the molecule is CC(=O)Nc1c(N=Nc2ccc(F)cc2)c(=O)[nH]n1C. The third-order valence-corrected chi connectivity index (χ3v) is 2.43. The molecule has 1 amide bonds. The van der Waals surface area contributed by atoms with Crippen LogP contribution in [-0.4, -0.2) is 15.7 Å². The number of H-pyrrole nitrogens is 1. The molecule has 104 valence electrons. The molecule has 0 fully saturated rings. The summed E-state index contributed by atoms with van der Waals surface area (Å²) in [5, 5.41) is 12.6. The van der Waals surface area contributed by atoms with Gasteiger partial charge < -0.3 is 5.32 Å². The smallest absolute Gasteiger partial charge is 0.294 e. The Bertz CT molecular complexity index is 714. The summed E-state index contributed by atoms with van der Waals surface area (Å²) >= 11 is 0. The maximum Gasteiger partial charge on any atom is 0.294 e. The number of aromatic amines is 1. The van der Waals surface area contributed by atoms with Crippen molar-refractivity contribution in [2.45, 2.75) is 6.92 Å². The van der Waals surface area contributed by atoms with Crippen LogP contribution in [0.2, 0.25) is 0 Å². The topological polar surface area (TPSA) is 91.6 Å². The summed E-state index contributed by atoms with van der Waals surface area (Å²) in [6.45, 7) is 1.32. The van der Waals surface area contributed by atoms with E-state index < -0.39 is 5.56 Å². The van der Waals surface area contributed by atoms with Gasteiger partial charge in [0.05, 0.1) is 5.69 Å². The fraction of sp³-hybridized carbons (Fsp3) is 0.167. The minimum Gasteiger partial charge on any atom is -0.309 e. The van der Waals surface area contributed by atoms with Crippen molar-refractivity contribution < 1.29 is 9.18 Å². The number of hydrogen-bond acceptors (Lipinski definition) is 4. The number of halogens is 1. The zero-order chi connectivity index (χ0) is 14.7. The van der Waals surface area contributed by atoms with E-state index in [0.717, 1.165) is 0 Å². The molecule has 7 nitrogen and oxygen atoms in total. The summed E-state index contributed by atoms with van der Waals surface area (Å²) in [7, 11) is 1.56. The van der Waals surface area contributed by atoms with Crippen molar-refractivity contribution in [2.24, 2.45) is 17.3 Å². The third-order valence-electron chi connectivity index (χ3n) is 2.43. The maximum atomic E-state index is 12.7. The van der Waals surface area contributed by atoms with Crippen LogP contribution in [0.4, 0.5) is 21.6 Å². The summed E-state index contributed by atoms with van der Waals surface area (Å²) < 4.78 is 14.1. The van der Waals surface area contributed by atoms with Crippen molar-refractivity contribution in [2.75, 3.05) is 5.32 Å². The molecule has 0 unspecified atom stereocenters. The molecule has 0 atom stereocenters. The van der Waals surface area contributed by atoms with Crippen molar-refractivity contribution in [3.8, 4) is 0 Å². The lowest BCUT2D eigenvalue weighted by Crippen LogP contribution is -2.09. The first-order valence-corrected chi connectivity index (χ1v) is 5.71. The molecule has 0 saturated heterocycles. The van der Waals surface area contributed by atoms with Gasteiger partial charge in [-0.15, -0.1) is 5.11 Å². The average Bonchev–Trinajstić information content (AvgIpc) is 2.63. The summed E-state index contributed by atoms with van der Waals surface area (Å²) in [5.41, 5.74) is -0.113. The van der Waals surface area contributed by atoms with Gasteiger partial charge in [-0.1, -0.05) is 0 Å². The largest absolute Gasteiger partial charge is 0.309 e. The van der Waals surface area contributed by atoms with Crippen molar-refractivity contribution in [1.29, 1.82) is 0 Å². The highest BCUT2D eigenvalue weighted by molar-refractivity contribution is 5.90. The van der Waals surface area contributed by atoms with E-state index in [0.29, 0.717) is 5.69 Å². The van der Waals surface area contributed by atoms with Gasteiger partial charge in [0.2, 0.25) is 5.91 Å². The molecule has 8 heteroatoms. The first-order valence-electron chi connectivity index (χ1n) is 5.71. The number of aromatic nitrogens is 2. The normalized spacial score (nSPS) is 10.9. The Kier molecular flexibility index (Phi) is 3.74. The van der Waals surface area contributed by atoms with E-state index >= 15 is 0 Å². The second-order valence-electron chi connectivity index (χ2n) is 4.05. The second-order valence-corrected chi connectivity index (χ2v) is 4.05. The van der Waals surface area contributed by atoms with E-state index in [9.17, 15) is 14.0 Å². The Balaban J connectivity index is 2.35. The zero-order valence-corrected chi connectivity index (χ0v) is 10.8. The summed E-state index contributed by atoms with van der Waals surface area (Å²) in [6, 6.07) is 5.32. The fourth-order valence-electron chi connectivity index (χ4n) is 1.55. The molecule has 0 aliphatic carbocycles. The summed E-state index contributed by atoms with van der Waals surface area (Å²) in [6.07, 6.45) is 0. The molecule has 20 heavy (non-hydrogen) atoms. The number of aryl methyl sites for hydroxylation is 1. The zero-order valence-electron chi connectivity index (χ0n) is 10.8. The molecule has 2 aromatic rings. The molecule has 0 bridgehead atoms. The molecular weight excluding hydrogens is 265 g/mol. The molecule has 0 aliphatic heterocycles. The van der Waals surface area contributed by atoms with Crippen LogP contribution >= 0.6 is 0 Å². The van der Waals surface area contributed by atoms with Crippen LogP contribution in [0.15, 0.2) is 39.3 Å². The first kappa shape index (κ1) is 13.7. The van der Waals surface area contributed by atoms with Gasteiger partial charge in [0.1, 0.15) is 5.82 Å². The molecular formula is C12H12FN5O2. The highest BCUT2D eigenvalue weighted by atomic mass is 19.1. The van der Waals surface area contributed by atoms with E-state index in [1.165, 1.54) is 35.9 Å². The Morgan fingerprint density at radius 3 is 2.55 bits per heavy atom. The standard InChI is InChI=1S/C12H12FN5O2/c1-7(19)14-11-10(12(20)17-18(11)2)16-15-9-5-3-8(13)4-6-9/h3-6H,1-2H3,(H,14,19)(H,17,20). The molecule has 2 rings (SSSR count). The van der Waals surface area contributed by atoms with E-state index in [1.807, 2.05) is 0 Å². The van der Waals surface area contributed by atoms with E-state index in [2.05, 4.69) is 20.6 Å². The van der Waals surface area contributed by atoms with Crippen molar-refractivity contribution in [3.63, 3.8) is 0 Å². The monoisotopic (exact) mass is 277 g/mol. The number of nitrogens with one attached hydrogen (secondary N) is 2. The quantitative estimate of drug-likeness (QED) is 0.842. The first-order chi connectivity index (χ1) is 9.47. The number of nitrogens with zero attached hydrogens (tertiary/aromatic N) is 3. The molecule has 1 aromatic carbocycles. The minimum absolute atomic E-state index is 0.0213. The average molecular weight is 277 g/mol. The lowest BCUT2D eigenvalue weighted by Gasteiger charge is -2.02. The minimum atomic E-state index is -0.484. The number of rotatable bonds is 3. The second kappa shape index (κ2) is 5.47. The lowest BCUT2D eigenvalue weighted by atomic mass is 10.3. The summed E-state index contributed by atoms with van der Waals surface area (Å²) in [4.78, 5) is 22.8. The van der Waals surface area contributed by atoms with Gasteiger partial charge in [0.15, 0.2) is 11.5 Å². The fourth-order valence-corrected chi connectivity index (χ4v) is 1.55. The van der Waals surface area contributed by atoms with Crippen LogP contribution in [0.3, 0.4) is 0 Å². The van der Waals surface area contributed by atoms with Gasteiger partial charge in [-0.2, -0.15) is 5.11 Å². The molecule has 0 saturated carbocycles. The van der Waals surface area contributed by atoms with Gasteiger partial charge in [0, 0.05) is 14.0 Å². The third kappa shape index (κ3) is 2.97. The number of amides is 1. The molecule has 0 aliphatic rings. The predicted octanol–water partition coefficient (Wildman–Crippen LogP) is 2.23. The Labute approximate surface area is 113 Å². The number of carbonyl (C=O) groups excluding carboxylic acids is 1. The molecule has 0 spiro atoms. The molecule has 1 heterocycles. The number of benzene rings is 1. The Hall–Kier alpha value is -2.77. The van der Waals surface area contributed by atoms with Crippen molar-refractivity contribution in [3.05, 3.63) is 40.4 Å². The van der Waals surface area contributed by atoms with Crippen LogP contribution in [0.25, 0.3) is 0 Å². The van der Waals surface area contributed by atoms with Crippen molar-refractivity contribution in [1.82, 2.24) is 9.78 Å².